The lowest BCUT2D eigenvalue weighted by Gasteiger charge is -2.36. The fourth-order valence-electron chi connectivity index (χ4n) is 2.50. The third kappa shape index (κ3) is 4.16. The third-order valence-electron chi connectivity index (χ3n) is 4.13. The maximum atomic E-state index is 12.3. The van der Waals surface area contributed by atoms with Gasteiger partial charge in [0.05, 0.1) is 25.2 Å². The van der Waals surface area contributed by atoms with Crippen molar-refractivity contribution in [3.05, 3.63) is 0 Å². The van der Waals surface area contributed by atoms with Crippen LogP contribution in [-0.4, -0.2) is 56.9 Å². The van der Waals surface area contributed by atoms with Crippen LogP contribution < -0.4 is 5.73 Å². The first-order valence-electron chi connectivity index (χ1n) is 7.24. The van der Waals surface area contributed by atoms with E-state index < -0.39 is 5.41 Å². The molecule has 1 unspecified atom stereocenters. The van der Waals surface area contributed by atoms with Gasteiger partial charge in [0.25, 0.3) is 0 Å². The second-order valence-electron chi connectivity index (χ2n) is 5.44. The van der Waals surface area contributed by atoms with Crippen molar-refractivity contribution in [3.8, 4) is 0 Å². The van der Waals surface area contributed by atoms with Gasteiger partial charge in [0.2, 0.25) is 0 Å². The molecule has 1 heterocycles. The van der Waals surface area contributed by atoms with Crippen LogP contribution in [0.1, 0.15) is 27.2 Å². The summed E-state index contributed by atoms with van der Waals surface area (Å²) in [6.07, 6.45) is 0.750. The maximum absolute atomic E-state index is 12.3. The van der Waals surface area contributed by atoms with Gasteiger partial charge in [0, 0.05) is 19.6 Å². The molecule has 5 heteroatoms. The van der Waals surface area contributed by atoms with Crippen molar-refractivity contribution >= 4 is 5.97 Å². The van der Waals surface area contributed by atoms with Crippen LogP contribution in [0.4, 0.5) is 0 Å². The minimum Gasteiger partial charge on any atom is -0.466 e. The number of carbonyl (C=O) groups excluding carboxylic acids is 1. The van der Waals surface area contributed by atoms with E-state index in [1.807, 2.05) is 20.8 Å². The number of hydrogen-bond donors (Lipinski definition) is 1. The maximum Gasteiger partial charge on any atom is 0.313 e. The molecule has 1 fully saturated rings. The largest absolute Gasteiger partial charge is 0.466 e. The van der Waals surface area contributed by atoms with Crippen molar-refractivity contribution in [1.29, 1.82) is 0 Å². The quantitative estimate of drug-likeness (QED) is 0.697. The van der Waals surface area contributed by atoms with Gasteiger partial charge < -0.3 is 15.2 Å². The molecule has 0 radical (unpaired) electrons. The molecule has 19 heavy (non-hydrogen) atoms. The molecule has 1 rings (SSSR count). The molecule has 1 saturated heterocycles. The van der Waals surface area contributed by atoms with Gasteiger partial charge in [-0.2, -0.15) is 0 Å². The topological polar surface area (TPSA) is 64.8 Å². The van der Waals surface area contributed by atoms with Gasteiger partial charge in [0.1, 0.15) is 0 Å². The first-order valence-corrected chi connectivity index (χ1v) is 7.24. The molecule has 0 aromatic carbocycles. The summed E-state index contributed by atoms with van der Waals surface area (Å²) in [5.41, 5.74) is 5.35. The highest BCUT2D eigenvalue weighted by Crippen LogP contribution is 2.32. The summed E-state index contributed by atoms with van der Waals surface area (Å²) in [6.45, 7) is 11.0. The number of carbonyl (C=O) groups is 1. The van der Waals surface area contributed by atoms with Gasteiger partial charge in [-0.25, -0.2) is 0 Å². The zero-order valence-corrected chi connectivity index (χ0v) is 12.5. The lowest BCUT2D eigenvalue weighted by Crippen LogP contribution is -2.47. The highest BCUT2D eigenvalue weighted by Gasteiger charge is 2.41. The van der Waals surface area contributed by atoms with Crippen LogP contribution in [0.2, 0.25) is 0 Å². The van der Waals surface area contributed by atoms with Crippen molar-refractivity contribution in [2.24, 2.45) is 17.1 Å². The fourth-order valence-corrected chi connectivity index (χ4v) is 2.50. The molecule has 112 valence electrons. The van der Waals surface area contributed by atoms with E-state index in [1.165, 1.54) is 0 Å². The second kappa shape index (κ2) is 7.82. The molecule has 1 atom stereocenters. The van der Waals surface area contributed by atoms with Gasteiger partial charge in [-0.05, 0) is 25.8 Å². The predicted molar refractivity (Wildman–Crippen MR) is 74.8 cm³/mol. The number of nitrogens with two attached hydrogens (primary N) is 1. The van der Waals surface area contributed by atoms with Crippen molar-refractivity contribution < 1.29 is 14.3 Å². The molecule has 2 N–H and O–H groups in total. The second-order valence-corrected chi connectivity index (χ2v) is 5.44. The fraction of sp³-hybridized carbons (Fsp3) is 0.929. The Morgan fingerprint density at radius 2 is 2.05 bits per heavy atom. The molecule has 1 aliphatic heterocycles. The van der Waals surface area contributed by atoms with Crippen LogP contribution in [0.5, 0.6) is 0 Å². The van der Waals surface area contributed by atoms with Crippen LogP contribution >= 0.6 is 0 Å². The van der Waals surface area contributed by atoms with Crippen LogP contribution in [0.3, 0.4) is 0 Å². The summed E-state index contributed by atoms with van der Waals surface area (Å²) >= 11 is 0. The van der Waals surface area contributed by atoms with Crippen LogP contribution in [0, 0.1) is 11.3 Å². The van der Waals surface area contributed by atoms with Crippen LogP contribution in [0.15, 0.2) is 0 Å². The Morgan fingerprint density at radius 3 is 2.53 bits per heavy atom. The van der Waals surface area contributed by atoms with E-state index >= 15 is 0 Å². The van der Waals surface area contributed by atoms with E-state index in [0.717, 1.165) is 39.3 Å². The molecule has 0 aromatic heterocycles. The molecular formula is C14H28N2O3. The zero-order valence-electron chi connectivity index (χ0n) is 12.5. The summed E-state index contributed by atoms with van der Waals surface area (Å²) < 4.78 is 10.6. The number of morpholine rings is 1. The molecule has 0 amide bonds. The first-order chi connectivity index (χ1) is 9.06. The van der Waals surface area contributed by atoms with Crippen molar-refractivity contribution in [1.82, 2.24) is 4.90 Å². The van der Waals surface area contributed by atoms with E-state index in [-0.39, 0.29) is 11.9 Å². The molecule has 0 aliphatic carbocycles. The minimum absolute atomic E-state index is 0.152. The Kier molecular flexibility index (Phi) is 6.75. The van der Waals surface area contributed by atoms with Crippen LogP contribution in [-0.2, 0) is 14.3 Å². The number of ether oxygens (including phenoxy) is 2. The Labute approximate surface area is 116 Å². The summed E-state index contributed by atoms with van der Waals surface area (Å²) in [7, 11) is 0. The summed E-state index contributed by atoms with van der Waals surface area (Å²) in [5, 5.41) is 0. The molecule has 0 bridgehead atoms. The minimum atomic E-state index is -0.561. The van der Waals surface area contributed by atoms with E-state index in [0.29, 0.717) is 13.2 Å². The zero-order chi connectivity index (χ0) is 14.3. The van der Waals surface area contributed by atoms with E-state index in [1.54, 1.807) is 0 Å². The molecule has 5 nitrogen and oxygen atoms in total. The van der Waals surface area contributed by atoms with Gasteiger partial charge >= 0.3 is 5.97 Å². The Morgan fingerprint density at radius 1 is 1.42 bits per heavy atom. The number of hydrogen-bond acceptors (Lipinski definition) is 5. The lowest BCUT2D eigenvalue weighted by atomic mass is 9.74. The Balaban J connectivity index is 2.64. The summed E-state index contributed by atoms with van der Waals surface area (Å²) in [6, 6.07) is 0. The van der Waals surface area contributed by atoms with Crippen molar-refractivity contribution in [3.63, 3.8) is 0 Å². The average Bonchev–Trinajstić information content (AvgIpc) is 2.41. The van der Waals surface area contributed by atoms with E-state index in [2.05, 4.69) is 4.90 Å². The van der Waals surface area contributed by atoms with Crippen molar-refractivity contribution in [2.45, 2.75) is 27.2 Å². The Hall–Kier alpha value is -0.650. The number of esters is 1. The van der Waals surface area contributed by atoms with Crippen LogP contribution in [0.25, 0.3) is 0 Å². The van der Waals surface area contributed by atoms with E-state index in [9.17, 15) is 4.79 Å². The van der Waals surface area contributed by atoms with Gasteiger partial charge in [-0.15, -0.1) is 0 Å². The van der Waals surface area contributed by atoms with Gasteiger partial charge in [-0.3, -0.25) is 9.69 Å². The normalized spacial score (nSPS) is 20.3. The highest BCUT2D eigenvalue weighted by molar-refractivity contribution is 5.77. The van der Waals surface area contributed by atoms with Gasteiger partial charge in [0.15, 0.2) is 0 Å². The standard InChI is InChI=1S/C14H28N2O3/c1-4-19-13(17)14(11-15,12(2)3)5-6-16-7-9-18-10-8-16/h12H,4-11,15H2,1-3H3. The first kappa shape index (κ1) is 16.4. The number of nitrogens with zero attached hydrogens (tertiary/aromatic N) is 1. The Bertz CT molecular complexity index is 278. The lowest BCUT2D eigenvalue weighted by molar-refractivity contribution is -0.158. The molecular weight excluding hydrogens is 244 g/mol. The molecule has 0 saturated carbocycles. The average molecular weight is 272 g/mol. The monoisotopic (exact) mass is 272 g/mol. The highest BCUT2D eigenvalue weighted by atomic mass is 16.5. The SMILES string of the molecule is CCOC(=O)C(CN)(CCN1CCOCC1)C(C)C. The molecule has 1 aliphatic rings. The smallest absolute Gasteiger partial charge is 0.313 e. The summed E-state index contributed by atoms with van der Waals surface area (Å²) in [5.74, 6) is 0.0263. The number of rotatable bonds is 7. The van der Waals surface area contributed by atoms with Gasteiger partial charge in [-0.1, -0.05) is 13.8 Å². The summed E-state index contributed by atoms with van der Waals surface area (Å²) in [4.78, 5) is 14.6. The van der Waals surface area contributed by atoms with Crippen molar-refractivity contribution in [2.75, 3.05) is 46.0 Å². The molecule has 0 spiro atoms. The van der Waals surface area contributed by atoms with E-state index in [4.69, 9.17) is 15.2 Å². The molecule has 0 aromatic rings. The predicted octanol–water partition coefficient (Wildman–Crippen LogP) is 0.873. The third-order valence-corrected chi connectivity index (χ3v) is 4.13.